The summed E-state index contributed by atoms with van der Waals surface area (Å²) in [7, 11) is 2.10. The Balaban J connectivity index is 1.96. The molecule has 1 aromatic rings. The van der Waals surface area contributed by atoms with Gasteiger partial charge in [0.2, 0.25) is 0 Å². The van der Waals surface area contributed by atoms with Crippen molar-refractivity contribution in [1.82, 2.24) is 9.88 Å². The summed E-state index contributed by atoms with van der Waals surface area (Å²) in [5, 5.41) is 10.7. The van der Waals surface area contributed by atoms with E-state index >= 15 is 0 Å². The van der Waals surface area contributed by atoms with E-state index in [2.05, 4.69) is 16.9 Å². The SMILES string of the molecule is CN1C2CCC1CC(O)(c1ccncc1F)C2. The predicted molar refractivity (Wildman–Crippen MR) is 61.9 cm³/mol. The van der Waals surface area contributed by atoms with Crippen molar-refractivity contribution in [2.75, 3.05) is 7.05 Å². The van der Waals surface area contributed by atoms with Gasteiger partial charge in [-0.2, -0.15) is 0 Å². The summed E-state index contributed by atoms with van der Waals surface area (Å²) < 4.78 is 13.8. The summed E-state index contributed by atoms with van der Waals surface area (Å²) >= 11 is 0. The van der Waals surface area contributed by atoms with E-state index in [0.29, 0.717) is 30.5 Å². The highest BCUT2D eigenvalue weighted by atomic mass is 19.1. The van der Waals surface area contributed by atoms with Crippen molar-refractivity contribution in [3.05, 3.63) is 29.8 Å². The summed E-state index contributed by atoms with van der Waals surface area (Å²) in [5.41, 5.74) is -0.594. The Morgan fingerprint density at radius 1 is 1.41 bits per heavy atom. The second-order valence-electron chi connectivity index (χ2n) is 5.35. The molecular weight excluding hydrogens is 219 g/mol. The van der Waals surface area contributed by atoms with Crippen LogP contribution in [0.2, 0.25) is 0 Å². The molecule has 2 aliphatic heterocycles. The van der Waals surface area contributed by atoms with Gasteiger partial charge in [0.1, 0.15) is 5.82 Å². The Kier molecular flexibility index (Phi) is 2.45. The van der Waals surface area contributed by atoms with Gasteiger partial charge in [0, 0.05) is 23.8 Å². The summed E-state index contributed by atoms with van der Waals surface area (Å²) in [6.45, 7) is 0. The highest BCUT2D eigenvalue weighted by Crippen LogP contribution is 2.45. The van der Waals surface area contributed by atoms with Crippen LogP contribution in [0.25, 0.3) is 0 Å². The predicted octanol–water partition coefficient (Wildman–Crippen LogP) is 1.66. The molecule has 92 valence electrons. The van der Waals surface area contributed by atoms with Crippen LogP contribution in [0.1, 0.15) is 31.2 Å². The maximum Gasteiger partial charge on any atom is 0.147 e. The molecule has 0 aromatic carbocycles. The van der Waals surface area contributed by atoms with Crippen molar-refractivity contribution in [1.29, 1.82) is 0 Å². The van der Waals surface area contributed by atoms with Crippen LogP contribution in [0, 0.1) is 5.82 Å². The fraction of sp³-hybridized carbons (Fsp3) is 0.615. The van der Waals surface area contributed by atoms with Crippen LogP contribution < -0.4 is 0 Å². The van der Waals surface area contributed by atoms with Gasteiger partial charge in [0.05, 0.1) is 11.8 Å². The molecule has 3 rings (SSSR count). The minimum Gasteiger partial charge on any atom is -0.385 e. The monoisotopic (exact) mass is 236 g/mol. The normalized spacial score (nSPS) is 37.4. The zero-order valence-corrected chi connectivity index (χ0v) is 9.93. The second-order valence-corrected chi connectivity index (χ2v) is 5.35. The van der Waals surface area contributed by atoms with Crippen molar-refractivity contribution < 1.29 is 9.50 Å². The van der Waals surface area contributed by atoms with Gasteiger partial charge in [0.15, 0.2) is 0 Å². The third-order valence-electron chi connectivity index (χ3n) is 4.41. The van der Waals surface area contributed by atoms with E-state index in [4.69, 9.17) is 0 Å². The van der Waals surface area contributed by atoms with Gasteiger partial charge in [-0.25, -0.2) is 4.39 Å². The number of pyridine rings is 1. The Hall–Kier alpha value is -1.00. The molecule has 3 nitrogen and oxygen atoms in total. The minimum atomic E-state index is -1.01. The highest BCUT2D eigenvalue weighted by Gasteiger charge is 2.47. The maximum absolute atomic E-state index is 13.8. The topological polar surface area (TPSA) is 36.4 Å². The van der Waals surface area contributed by atoms with Crippen LogP contribution in [0.3, 0.4) is 0 Å². The minimum absolute atomic E-state index is 0.381. The van der Waals surface area contributed by atoms with Crippen LogP contribution in [0.4, 0.5) is 4.39 Å². The average molecular weight is 236 g/mol. The molecule has 2 fully saturated rings. The number of fused-ring (bicyclic) bond motifs is 2. The van der Waals surface area contributed by atoms with E-state index in [1.54, 1.807) is 12.3 Å². The molecule has 0 amide bonds. The molecule has 0 spiro atoms. The molecule has 1 N–H and O–H groups in total. The number of halogens is 1. The van der Waals surface area contributed by atoms with Gasteiger partial charge >= 0.3 is 0 Å². The lowest BCUT2D eigenvalue weighted by Gasteiger charge is -2.42. The Labute approximate surface area is 100 Å². The van der Waals surface area contributed by atoms with Gasteiger partial charge in [-0.1, -0.05) is 0 Å². The molecule has 17 heavy (non-hydrogen) atoms. The van der Waals surface area contributed by atoms with Gasteiger partial charge in [-0.15, -0.1) is 0 Å². The van der Waals surface area contributed by atoms with Crippen molar-refractivity contribution >= 4 is 0 Å². The summed E-state index contributed by atoms with van der Waals surface area (Å²) in [6.07, 6.45) is 6.21. The largest absolute Gasteiger partial charge is 0.385 e. The van der Waals surface area contributed by atoms with Crippen LogP contribution in [-0.2, 0) is 5.60 Å². The first kappa shape index (κ1) is 11.1. The third kappa shape index (κ3) is 1.67. The lowest BCUT2D eigenvalue weighted by atomic mass is 9.81. The summed E-state index contributed by atoms with van der Waals surface area (Å²) in [6, 6.07) is 2.37. The number of nitrogens with zero attached hydrogens (tertiary/aromatic N) is 2. The van der Waals surface area contributed by atoms with Crippen LogP contribution in [0.15, 0.2) is 18.5 Å². The molecular formula is C13H17FN2O. The van der Waals surface area contributed by atoms with E-state index in [1.165, 1.54) is 6.20 Å². The van der Waals surface area contributed by atoms with Crippen molar-refractivity contribution in [3.8, 4) is 0 Å². The fourth-order valence-corrected chi connectivity index (χ4v) is 3.42. The standard InChI is InChI=1S/C13H17FN2O/c1-16-9-2-3-10(16)7-13(17,6-9)11-4-5-15-8-12(11)14/h4-5,8-10,17H,2-3,6-7H2,1H3. The number of aromatic nitrogens is 1. The molecule has 3 heterocycles. The first-order valence-electron chi connectivity index (χ1n) is 6.14. The van der Waals surface area contributed by atoms with Gasteiger partial charge in [-0.05, 0) is 38.8 Å². The summed E-state index contributed by atoms with van der Waals surface area (Å²) in [5.74, 6) is -0.390. The smallest absolute Gasteiger partial charge is 0.147 e. The highest BCUT2D eigenvalue weighted by molar-refractivity contribution is 5.24. The number of hydrogen-bond acceptors (Lipinski definition) is 3. The number of piperidine rings is 1. The Morgan fingerprint density at radius 3 is 2.65 bits per heavy atom. The molecule has 0 aliphatic carbocycles. The number of rotatable bonds is 1. The van der Waals surface area contributed by atoms with E-state index in [0.717, 1.165) is 12.8 Å². The lowest BCUT2D eigenvalue weighted by Crippen LogP contribution is -2.48. The van der Waals surface area contributed by atoms with Crippen LogP contribution >= 0.6 is 0 Å². The summed E-state index contributed by atoms with van der Waals surface area (Å²) in [4.78, 5) is 6.07. The molecule has 2 unspecified atom stereocenters. The molecule has 2 saturated heterocycles. The van der Waals surface area contributed by atoms with E-state index in [-0.39, 0.29) is 5.82 Å². The number of aliphatic hydroxyl groups is 1. The molecule has 2 bridgehead atoms. The van der Waals surface area contributed by atoms with E-state index in [1.807, 2.05) is 0 Å². The van der Waals surface area contributed by atoms with Crippen LogP contribution in [-0.4, -0.2) is 34.1 Å². The van der Waals surface area contributed by atoms with Crippen LogP contribution in [0.5, 0.6) is 0 Å². The molecule has 2 atom stereocenters. The van der Waals surface area contributed by atoms with E-state index in [9.17, 15) is 9.50 Å². The number of hydrogen-bond donors (Lipinski definition) is 1. The van der Waals surface area contributed by atoms with Gasteiger partial charge in [-0.3, -0.25) is 4.98 Å². The fourth-order valence-electron chi connectivity index (χ4n) is 3.42. The maximum atomic E-state index is 13.8. The van der Waals surface area contributed by atoms with E-state index < -0.39 is 5.60 Å². The molecule has 4 heteroatoms. The molecule has 0 saturated carbocycles. The Bertz CT molecular complexity index is 423. The molecule has 1 aromatic heterocycles. The van der Waals surface area contributed by atoms with Gasteiger partial charge < -0.3 is 10.0 Å². The Morgan fingerprint density at radius 2 is 2.06 bits per heavy atom. The lowest BCUT2D eigenvalue weighted by molar-refractivity contribution is -0.0516. The zero-order chi connectivity index (χ0) is 12.0. The quantitative estimate of drug-likeness (QED) is 0.805. The third-order valence-corrected chi connectivity index (χ3v) is 4.41. The van der Waals surface area contributed by atoms with Crippen molar-refractivity contribution in [2.24, 2.45) is 0 Å². The second kappa shape index (κ2) is 3.75. The molecule has 2 aliphatic rings. The van der Waals surface area contributed by atoms with Crippen molar-refractivity contribution in [3.63, 3.8) is 0 Å². The average Bonchev–Trinajstić information content (AvgIpc) is 2.53. The van der Waals surface area contributed by atoms with Crippen molar-refractivity contribution in [2.45, 2.75) is 43.4 Å². The zero-order valence-electron chi connectivity index (χ0n) is 9.93. The molecule has 0 radical (unpaired) electrons. The first-order valence-corrected chi connectivity index (χ1v) is 6.14. The first-order chi connectivity index (χ1) is 8.10. The van der Waals surface area contributed by atoms with Gasteiger partial charge in [0.25, 0.3) is 0 Å².